The topological polar surface area (TPSA) is 26.0 Å². The Labute approximate surface area is 112 Å². The smallest absolute Gasteiger partial charge is 0.00390 e. The summed E-state index contributed by atoms with van der Waals surface area (Å²) in [5.41, 5.74) is 13.5. The van der Waals surface area contributed by atoms with E-state index in [9.17, 15) is 0 Å². The summed E-state index contributed by atoms with van der Waals surface area (Å²) in [4.78, 5) is 0. The highest BCUT2D eigenvalue weighted by Crippen LogP contribution is 2.30. The van der Waals surface area contributed by atoms with E-state index in [1.165, 1.54) is 54.4 Å². The first kappa shape index (κ1) is 13.6. The molecule has 1 saturated carbocycles. The predicted octanol–water partition coefficient (Wildman–Crippen LogP) is 3.98. The fourth-order valence-corrected chi connectivity index (χ4v) is 3.29. The average molecular weight is 245 g/mol. The minimum Gasteiger partial charge on any atom is -0.328 e. The molecule has 0 radical (unpaired) electrons. The van der Waals surface area contributed by atoms with E-state index in [4.69, 9.17) is 5.73 Å². The summed E-state index contributed by atoms with van der Waals surface area (Å²) in [6.45, 7) is 9.04. The van der Waals surface area contributed by atoms with Gasteiger partial charge in [-0.3, -0.25) is 0 Å². The fraction of sp³-hybridized carbons (Fsp3) is 0.647. The van der Waals surface area contributed by atoms with Gasteiger partial charge in [-0.05, 0) is 93.5 Å². The van der Waals surface area contributed by atoms with E-state index in [0.717, 1.165) is 5.92 Å². The molecular weight excluding hydrogens is 218 g/mol. The summed E-state index contributed by atoms with van der Waals surface area (Å²) in [6.07, 6.45) is 6.31. The van der Waals surface area contributed by atoms with Crippen LogP contribution in [0.1, 0.15) is 53.5 Å². The fourth-order valence-electron chi connectivity index (χ4n) is 3.29. The van der Waals surface area contributed by atoms with E-state index in [2.05, 4.69) is 33.8 Å². The van der Waals surface area contributed by atoms with Crippen LogP contribution in [0.25, 0.3) is 0 Å². The Morgan fingerprint density at radius 3 is 1.94 bits per heavy atom. The molecule has 1 aliphatic rings. The second-order valence-corrected chi connectivity index (χ2v) is 6.22. The highest BCUT2D eigenvalue weighted by molar-refractivity contribution is 5.44. The first-order valence-corrected chi connectivity index (χ1v) is 7.31. The van der Waals surface area contributed by atoms with Gasteiger partial charge in [-0.25, -0.2) is 0 Å². The highest BCUT2D eigenvalue weighted by atomic mass is 14.6. The van der Waals surface area contributed by atoms with Gasteiger partial charge in [0.05, 0.1) is 0 Å². The Hall–Kier alpha value is -0.820. The molecule has 0 aliphatic heterocycles. The number of rotatable bonds is 2. The third kappa shape index (κ3) is 2.77. The second kappa shape index (κ2) is 5.44. The van der Waals surface area contributed by atoms with Crippen LogP contribution in [0.2, 0.25) is 0 Å². The summed E-state index contributed by atoms with van der Waals surface area (Å²) in [7, 11) is 0. The Bertz CT molecular complexity index is 399. The largest absolute Gasteiger partial charge is 0.328 e. The molecule has 1 nitrogen and oxygen atoms in total. The third-order valence-electron chi connectivity index (χ3n) is 4.91. The highest BCUT2D eigenvalue weighted by Gasteiger charge is 2.20. The number of benzene rings is 1. The number of hydrogen-bond acceptors (Lipinski definition) is 1. The van der Waals surface area contributed by atoms with Crippen LogP contribution in [-0.4, -0.2) is 6.04 Å². The molecule has 0 spiro atoms. The Morgan fingerprint density at radius 2 is 1.44 bits per heavy atom. The van der Waals surface area contributed by atoms with Crippen molar-refractivity contribution >= 4 is 0 Å². The predicted molar refractivity (Wildman–Crippen MR) is 79.0 cm³/mol. The van der Waals surface area contributed by atoms with E-state index in [1.807, 2.05) is 0 Å². The average Bonchev–Trinajstić information content (AvgIpc) is 2.34. The van der Waals surface area contributed by atoms with E-state index < -0.39 is 0 Å². The minimum absolute atomic E-state index is 0.461. The van der Waals surface area contributed by atoms with E-state index in [-0.39, 0.29) is 0 Å². The molecule has 2 rings (SSSR count). The van der Waals surface area contributed by atoms with Crippen molar-refractivity contribution in [1.82, 2.24) is 0 Å². The van der Waals surface area contributed by atoms with Crippen LogP contribution in [0.5, 0.6) is 0 Å². The van der Waals surface area contributed by atoms with Gasteiger partial charge in [0.2, 0.25) is 0 Å². The molecule has 1 fully saturated rings. The molecule has 0 heterocycles. The summed E-state index contributed by atoms with van der Waals surface area (Å²) < 4.78 is 0. The summed E-state index contributed by atoms with van der Waals surface area (Å²) in [5, 5.41) is 0. The van der Waals surface area contributed by atoms with Gasteiger partial charge in [0.15, 0.2) is 0 Å². The van der Waals surface area contributed by atoms with Crippen LogP contribution < -0.4 is 5.73 Å². The Balaban J connectivity index is 2.18. The molecule has 0 saturated heterocycles. The molecule has 0 bridgehead atoms. The Morgan fingerprint density at radius 1 is 0.944 bits per heavy atom. The summed E-state index contributed by atoms with van der Waals surface area (Å²) in [6, 6.07) is 2.79. The number of hydrogen-bond donors (Lipinski definition) is 1. The molecule has 0 amide bonds. The van der Waals surface area contributed by atoms with Crippen LogP contribution in [-0.2, 0) is 6.42 Å². The van der Waals surface area contributed by atoms with Crippen LogP contribution in [0, 0.1) is 33.6 Å². The molecule has 0 unspecified atom stereocenters. The molecule has 1 aromatic carbocycles. The molecule has 18 heavy (non-hydrogen) atoms. The van der Waals surface area contributed by atoms with Crippen LogP contribution in [0.15, 0.2) is 6.07 Å². The zero-order valence-corrected chi connectivity index (χ0v) is 12.3. The third-order valence-corrected chi connectivity index (χ3v) is 4.91. The van der Waals surface area contributed by atoms with Gasteiger partial charge in [-0.15, -0.1) is 0 Å². The zero-order chi connectivity index (χ0) is 13.3. The van der Waals surface area contributed by atoms with Crippen molar-refractivity contribution in [2.24, 2.45) is 11.7 Å². The second-order valence-electron chi connectivity index (χ2n) is 6.22. The molecule has 2 N–H and O–H groups in total. The molecule has 1 aromatic rings. The number of aryl methyl sites for hydroxylation is 2. The molecule has 100 valence electrons. The van der Waals surface area contributed by atoms with Crippen molar-refractivity contribution in [3.63, 3.8) is 0 Å². The Kier molecular flexibility index (Phi) is 4.11. The van der Waals surface area contributed by atoms with E-state index >= 15 is 0 Å². The van der Waals surface area contributed by atoms with Gasteiger partial charge in [0.25, 0.3) is 0 Å². The maximum absolute atomic E-state index is 6.00. The van der Waals surface area contributed by atoms with Crippen molar-refractivity contribution in [3.05, 3.63) is 33.9 Å². The van der Waals surface area contributed by atoms with Gasteiger partial charge in [-0.1, -0.05) is 6.07 Å². The normalized spacial score (nSPS) is 24.3. The van der Waals surface area contributed by atoms with Gasteiger partial charge in [0.1, 0.15) is 0 Å². The lowest BCUT2D eigenvalue weighted by atomic mass is 9.80. The van der Waals surface area contributed by atoms with Crippen molar-refractivity contribution in [2.45, 2.75) is 65.8 Å². The van der Waals surface area contributed by atoms with Crippen molar-refractivity contribution in [1.29, 1.82) is 0 Å². The van der Waals surface area contributed by atoms with Crippen molar-refractivity contribution < 1.29 is 0 Å². The lowest BCUT2D eigenvalue weighted by molar-refractivity contribution is 0.324. The van der Waals surface area contributed by atoms with Crippen molar-refractivity contribution in [3.8, 4) is 0 Å². The maximum Gasteiger partial charge on any atom is 0.00390 e. The summed E-state index contributed by atoms with van der Waals surface area (Å²) >= 11 is 0. The van der Waals surface area contributed by atoms with Crippen LogP contribution in [0.3, 0.4) is 0 Å². The van der Waals surface area contributed by atoms with E-state index in [1.54, 1.807) is 5.56 Å². The van der Waals surface area contributed by atoms with Gasteiger partial charge < -0.3 is 5.73 Å². The first-order valence-electron chi connectivity index (χ1n) is 7.31. The quantitative estimate of drug-likeness (QED) is 0.838. The number of nitrogens with two attached hydrogens (primary N) is 1. The SMILES string of the molecule is Cc1cc(C)c(C)c(CC2CCC(N)CC2)c1C. The molecular formula is C17H27N. The zero-order valence-electron chi connectivity index (χ0n) is 12.3. The first-order chi connectivity index (χ1) is 8.49. The maximum atomic E-state index is 6.00. The van der Waals surface area contributed by atoms with Gasteiger partial charge in [0, 0.05) is 6.04 Å². The monoisotopic (exact) mass is 245 g/mol. The van der Waals surface area contributed by atoms with E-state index in [0.29, 0.717) is 6.04 Å². The summed E-state index contributed by atoms with van der Waals surface area (Å²) in [5.74, 6) is 0.850. The van der Waals surface area contributed by atoms with Gasteiger partial charge in [-0.2, -0.15) is 0 Å². The van der Waals surface area contributed by atoms with Crippen molar-refractivity contribution in [2.75, 3.05) is 0 Å². The van der Waals surface area contributed by atoms with Gasteiger partial charge >= 0.3 is 0 Å². The molecule has 0 atom stereocenters. The molecule has 1 aliphatic carbocycles. The van der Waals surface area contributed by atoms with Crippen LogP contribution >= 0.6 is 0 Å². The minimum atomic E-state index is 0.461. The molecule has 0 aromatic heterocycles. The lowest BCUT2D eigenvalue weighted by Gasteiger charge is -2.27. The molecule has 1 heteroatoms. The standard InChI is InChI=1S/C17H27N/c1-11-9-12(2)14(4)17(13(11)3)10-15-5-7-16(18)8-6-15/h9,15-16H,5-8,10,18H2,1-4H3. The lowest BCUT2D eigenvalue weighted by Crippen LogP contribution is -2.27. The van der Waals surface area contributed by atoms with Crippen LogP contribution in [0.4, 0.5) is 0 Å².